The van der Waals surface area contributed by atoms with E-state index < -0.39 is 0 Å². The van der Waals surface area contributed by atoms with E-state index in [2.05, 4.69) is 6.92 Å². The molecule has 3 rings (SSSR count). The average Bonchev–Trinajstić information content (AvgIpc) is 2.61. The second kappa shape index (κ2) is 9.60. The van der Waals surface area contributed by atoms with Crippen molar-refractivity contribution >= 4 is 0 Å². The topological polar surface area (TPSA) is 20.2 Å². The van der Waals surface area contributed by atoms with Crippen LogP contribution in [0.3, 0.4) is 0 Å². The fourth-order valence-electron chi connectivity index (χ4n) is 6.48. The molecule has 3 aliphatic rings. The molecule has 4 unspecified atom stereocenters. The van der Waals surface area contributed by atoms with Gasteiger partial charge in [-0.2, -0.15) is 0 Å². The fourth-order valence-corrected chi connectivity index (χ4v) is 6.48. The number of hydrogen-bond acceptors (Lipinski definition) is 1. The van der Waals surface area contributed by atoms with Crippen molar-refractivity contribution in [3.05, 3.63) is 0 Å². The zero-order chi connectivity index (χ0) is 16.8. The monoisotopic (exact) mass is 334 g/mol. The molecule has 1 N–H and O–H groups in total. The molecule has 1 heteroatoms. The minimum Gasteiger partial charge on any atom is -0.393 e. The van der Waals surface area contributed by atoms with Crippen molar-refractivity contribution in [1.29, 1.82) is 0 Å². The van der Waals surface area contributed by atoms with E-state index in [1.807, 2.05) is 0 Å². The van der Waals surface area contributed by atoms with Crippen LogP contribution in [0.15, 0.2) is 0 Å². The van der Waals surface area contributed by atoms with E-state index >= 15 is 0 Å². The normalized spacial score (nSPS) is 40.2. The van der Waals surface area contributed by atoms with Gasteiger partial charge in [0.05, 0.1) is 6.10 Å². The summed E-state index contributed by atoms with van der Waals surface area (Å²) < 4.78 is 0. The van der Waals surface area contributed by atoms with Crippen LogP contribution >= 0.6 is 0 Å². The van der Waals surface area contributed by atoms with Gasteiger partial charge in [0.2, 0.25) is 0 Å². The Kier molecular flexibility index (Phi) is 7.50. The molecule has 0 heterocycles. The largest absolute Gasteiger partial charge is 0.393 e. The van der Waals surface area contributed by atoms with E-state index in [1.165, 1.54) is 89.9 Å². The Bertz CT molecular complexity index is 344. The Morgan fingerprint density at radius 2 is 1.42 bits per heavy atom. The van der Waals surface area contributed by atoms with E-state index in [4.69, 9.17) is 0 Å². The zero-order valence-electron chi connectivity index (χ0n) is 16.2. The summed E-state index contributed by atoms with van der Waals surface area (Å²) in [7, 11) is 0. The highest BCUT2D eigenvalue weighted by Gasteiger charge is 2.41. The molecule has 3 saturated carbocycles. The van der Waals surface area contributed by atoms with Gasteiger partial charge in [0.25, 0.3) is 0 Å². The first kappa shape index (κ1) is 18.7. The molecule has 0 aromatic rings. The minimum atomic E-state index is 0.0197. The highest BCUT2D eigenvalue weighted by atomic mass is 16.3. The summed E-state index contributed by atoms with van der Waals surface area (Å²) in [6.45, 7) is 2.31. The van der Waals surface area contributed by atoms with Crippen LogP contribution in [-0.2, 0) is 0 Å². The van der Waals surface area contributed by atoms with Gasteiger partial charge in [-0.3, -0.25) is 0 Å². The predicted octanol–water partition coefficient (Wildman–Crippen LogP) is 6.73. The van der Waals surface area contributed by atoms with Crippen LogP contribution in [0.4, 0.5) is 0 Å². The van der Waals surface area contributed by atoms with Crippen LogP contribution < -0.4 is 0 Å². The van der Waals surface area contributed by atoms with E-state index in [1.54, 1.807) is 0 Å². The maximum Gasteiger partial charge on any atom is 0.0543 e. The Labute approximate surface area is 151 Å². The molecule has 0 radical (unpaired) electrons. The van der Waals surface area contributed by atoms with Crippen molar-refractivity contribution in [2.24, 2.45) is 29.6 Å². The summed E-state index contributed by atoms with van der Waals surface area (Å²) in [4.78, 5) is 0. The standard InChI is InChI=1S/C23H42O/c1-2-3-4-5-6-8-18-11-13-20(14-12-18)22-10-7-9-19-15-16-21(24)17-23(19)22/h18-24H,2-17H2,1H3. The maximum atomic E-state index is 10.2. The second-order valence-corrected chi connectivity index (χ2v) is 9.47. The molecule has 3 aliphatic carbocycles. The third-order valence-corrected chi connectivity index (χ3v) is 7.90. The SMILES string of the molecule is CCCCCCCC1CCC(C2CCCC3CCC(O)CC32)CC1. The zero-order valence-corrected chi connectivity index (χ0v) is 16.2. The van der Waals surface area contributed by atoms with Crippen LogP contribution in [0.25, 0.3) is 0 Å². The summed E-state index contributed by atoms with van der Waals surface area (Å²) in [6, 6.07) is 0. The van der Waals surface area contributed by atoms with E-state index in [9.17, 15) is 5.11 Å². The molecule has 24 heavy (non-hydrogen) atoms. The molecule has 0 amide bonds. The van der Waals surface area contributed by atoms with Gasteiger partial charge in [-0.1, -0.05) is 71.1 Å². The first-order valence-corrected chi connectivity index (χ1v) is 11.5. The molecule has 140 valence electrons. The summed E-state index contributed by atoms with van der Waals surface area (Å²) in [5.41, 5.74) is 0. The van der Waals surface area contributed by atoms with Crippen molar-refractivity contribution in [1.82, 2.24) is 0 Å². The van der Waals surface area contributed by atoms with Gasteiger partial charge < -0.3 is 5.11 Å². The lowest BCUT2D eigenvalue weighted by molar-refractivity contribution is -0.00961. The van der Waals surface area contributed by atoms with E-state index in [0.717, 1.165) is 42.4 Å². The van der Waals surface area contributed by atoms with Crippen LogP contribution in [0.2, 0.25) is 0 Å². The van der Waals surface area contributed by atoms with Crippen molar-refractivity contribution in [3.63, 3.8) is 0 Å². The summed E-state index contributed by atoms with van der Waals surface area (Å²) in [6.07, 6.45) is 22.7. The minimum absolute atomic E-state index is 0.0197. The van der Waals surface area contributed by atoms with Crippen LogP contribution in [0.5, 0.6) is 0 Å². The summed E-state index contributed by atoms with van der Waals surface area (Å²) in [5.74, 6) is 4.84. The molecule has 0 aliphatic heterocycles. The molecular formula is C23H42O. The summed E-state index contributed by atoms with van der Waals surface area (Å²) >= 11 is 0. The predicted molar refractivity (Wildman–Crippen MR) is 103 cm³/mol. The lowest BCUT2D eigenvalue weighted by Gasteiger charge is -2.47. The molecule has 4 atom stereocenters. The Balaban J connectivity index is 1.40. The molecular weight excluding hydrogens is 292 g/mol. The highest BCUT2D eigenvalue weighted by Crippen LogP contribution is 2.50. The van der Waals surface area contributed by atoms with Gasteiger partial charge in [-0.15, -0.1) is 0 Å². The lowest BCUT2D eigenvalue weighted by Crippen LogP contribution is -2.39. The van der Waals surface area contributed by atoms with Gasteiger partial charge in [0.1, 0.15) is 0 Å². The first-order chi connectivity index (χ1) is 11.8. The van der Waals surface area contributed by atoms with Gasteiger partial charge in [-0.05, 0) is 68.1 Å². The number of aliphatic hydroxyl groups is 1. The van der Waals surface area contributed by atoms with Crippen molar-refractivity contribution in [2.45, 2.75) is 116 Å². The lowest BCUT2D eigenvalue weighted by atomic mass is 9.59. The average molecular weight is 335 g/mol. The number of rotatable bonds is 7. The first-order valence-electron chi connectivity index (χ1n) is 11.5. The molecule has 0 aromatic carbocycles. The Morgan fingerprint density at radius 3 is 2.21 bits per heavy atom. The molecule has 0 saturated heterocycles. The van der Waals surface area contributed by atoms with Crippen molar-refractivity contribution in [2.75, 3.05) is 0 Å². The van der Waals surface area contributed by atoms with Gasteiger partial charge in [0.15, 0.2) is 0 Å². The van der Waals surface area contributed by atoms with Crippen LogP contribution in [0, 0.1) is 29.6 Å². The van der Waals surface area contributed by atoms with Gasteiger partial charge >= 0.3 is 0 Å². The van der Waals surface area contributed by atoms with Crippen LogP contribution in [0.1, 0.15) is 110 Å². The van der Waals surface area contributed by atoms with Gasteiger partial charge in [-0.25, -0.2) is 0 Å². The highest BCUT2D eigenvalue weighted by molar-refractivity contribution is 4.91. The van der Waals surface area contributed by atoms with Crippen molar-refractivity contribution < 1.29 is 5.11 Å². The van der Waals surface area contributed by atoms with Gasteiger partial charge in [0, 0.05) is 0 Å². The number of fused-ring (bicyclic) bond motifs is 1. The quantitative estimate of drug-likeness (QED) is 0.512. The molecule has 0 spiro atoms. The number of aliphatic hydroxyl groups excluding tert-OH is 1. The molecule has 0 aromatic heterocycles. The van der Waals surface area contributed by atoms with E-state index in [0.29, 0.717) is 0 Å². The summed E-state index contributed by atoms with van der Waals surface area (Å²) in [5, 5.41) is 10.2. The van der Waals surface area contributed by atoms with E-state index in [-0.39, 0.29) is 6.10 Å². The second-order valence-electron chi connectivity index (χ2n) is 9.47. The number of unbranched alkanes of at least 4 members (excludes halogenated alkanes) is 4. The Hall–Kier alpha value is -0.0400. The third kappa shape index (κ3) is 4.99. The number of hydrogen-bond donors (Lipinski definition) is 1. The van der Waals surface area contributed by atoms with Crippen molar-refractivity contribution in [3.8, 4) is 0 Å². The maximum absolute atomic E-state index is 10.2. The molecule has 3 fully saturated rings. The fraction of sp³-hybridized carbons (Fsp3) is 1.00. The Morgan fingerprint density at radius 1 is 0.708 bits per heavy atom. The van der Waals surface area contributed by atoms with Crippen LogP contribution in [-0.4, -0.2) is 11.2 Å². The third-order valence-electron chi connectivity index (χ3n) is 7.90. The molecule has 1 nitrogen and oxygen atoms in total. The molecule has 0 bridgehead atoms. The smallest absolute Gasteiger partial charge is 0.0543 e.